The lowest BCUT2D eigenvalue weighted by Crippen LogP contribution is -2.40. The van der Waals surface area contributed by atoms with E-state index in [0.717, 1.165) is 0 Å². The summed E-state index contributed by atoms with van der Waals surface area (Å²) in [6, 6.07) is 7.62. The Morgan fingerprint density at radius 1 is 1.27 bits per heavy atom. The number of nitrogens with one attached hydrogen (secondary N) is 1. The van der Waals surface area contributed by atoms with E-state index >= 15 is 0 Å². The van der Waals surface area contributed by atoms with Crippen molar-refractivity contribution in [3.63, 3.8) is 0 Å². The number of rotatable bonds is 6. The van der Waals surface area contributed by atoms with Crippen molar-refractivity contribution in [3.05, 3.63) is 52.0 Å². The number of alkyl halides is 2. The maximum absolute atomic E-state index is 12.9. The highest BCUT2D eigenvalue weighted by atomic mass is 79.9. The summed E-state index contributed by atoms with van der Waals surface area (Å²) in [5.41, 5.74) is -0.612. The second-order valence-corrected chi connectivity index (χ2v) is 7.23. The summed E-state index contributed by atoms with van der Waals surface area (Å²) < 4.78 is 34.3. The summed E-state index contributed by atoms with van der Waals surface area (Å²) >= 11 is 3.18. The smallest absolute Gasteiger partial charge is 0.387 e. The van der Waals surface area contributed by atoms with Gasteiger partial charge in [0.2, 0.25) is 0 Å². The second-order valence-electron chi connectivity index (χ2n) is 6.37. The van der Waals surface area contributed by atoms with Gasteiger partial charge in [-0.15, -0.1) is 5.01 Å². The summed E-state index contributed by atoms with van der Waals surface area (Å²) in [6.07, 6.45) is 1.26. The van der Waals surface area contributed by atoms with Crippen LogP contribution >= 0.6 is 15.9 Å². The van der Waals surface area contributed by atoms with Gasteiger partial charge in [0.05, 0.1) is 17.8 Å². The molecule has 3 rings (SSSR count). The maximum Gasteiger partial charge on any atom is 0.387 e. The van der Waals surface area contributed by atoms with E-state index in [-0.39, 0.29) is 17.2 Å². The zero-order chi connectivity index (χ0) is 22.1. The molecule has 30 heavy (non-hydrogen) atoms. The van der Waals surface area contributed by atoms with Crippen LogP contribution in [0.25, 0.3) is 0 Å². The van der Waals surface area contributed by atoms with Gasteiger partial charge in [-0.25, -0.2) is 4.79 Å². The molecule has 1 heterocycles. The fourth-order valence-electron chi connectivity index (χ4n) is 2.84. The van der Waals surface area contributed by atoms with E-state index in [0.29, 0.717) is 20.6 Å². The first-order valence-corrected chi connectivity index (χ1v) is 9.27. The molecule has 0 aromatic heterocycles. The molecule has 1 aliphatic rings. The van der Waals surface area contributed by atoms with Gasteiger partial charge in [-0.2, -0.15) is 13.9 Å². The van der Waals surface area contributed by atoms with E-state index in [1.807, 2.05) is 0 Å². The van der Waals surface area contributed by atoms with Crippen molar-refractivity contribution in [3.8, 4) is 17.2 Å². The predicted molar refractivity (Wildman–Crippen MR) is 106 cm³/mol. The van der Waals surface area contributed by atoms with Crippen LogP contribution in [0.3, 0.4) is 0 Å². The fraction of sp³-hybridized carbons (Fsp3) is 0.211. The van der Waals surface area contributed by atoms with E-state index in [9.17, 15) is 23.5 Å². The number of carbonyl (C=O) groups excluding carboxylic acids is 2. The summed E-state index contributed by atoms with van der Waals surface area (Å²) in [4.78, 5) is 25.2. The molecule has 1 aliphatic heterocycles. The molecule has 1 atom stereocenters. The number of benzene rings is 2. The second kappa shape index (κ2) is 8.27. The Hall–Kier alpha value is -3.21. The number of methoxy groups -OCH3 is 1. The number of phenols is 1. The van der Waals surface area contributed by atoms with Crippen LogP contribution in [-0.4, -0.2) is 42.0 Å². The Balaban J connectivity index is 1.84. The lowest BCUT2D eigenvalue weighted by molar-refractivity contribution is -0.131. The molecule has 1 unspecified atom stereocenters. The van der Waals surface area contributed by atoms with Gasteiger partial charge in [0, 0.05) is 0 Å². The Labute approximate surface area is 178 Å². The van der Waals surface area contributed by atoms with E-state index in [4.69, 9.17) is 4.74 Å². The Bertz CT molecular complexity index is 1020. The molecule has 0 radical (unpaired) electrons. The zero-order valence-electron chi connectivity index (χ0n) is 15.7. The number of urea groups is 1. The molecule has 2 aromatic carbocycles. The van der Waals surface area contributed by atoms with Crippen LogP contribution in [0.5, 0.6) is 17.2 Å². The fourth-order valence-corrected chi connectivity index (χ4v) is 3.30. The molecule has 2 N–H and O–H groups in total. The number of amides is 3. The number of aromatic hydroxyl groups is 1. The monoisotopic (exact) mass is 483 g/mol. The molecule has 0 aliphatic carbocycles. The molecule has 11 heteroatoms. The number of imide groups is 1. The molecule has 3 amide bonds. The molecule has 1 saturated heterocycles. The van der Waals surface area contributed by atoms with Gasteiger partial charge in [-0.1, -0.05) is 12.1 Å². The van der Waals surface area contributed by atoms with Crippen molar-refractivity contribution in [1.29, 1.82) is 0 Å². The van der Waals surface area contributed by atoms with Crippen molar-refractivity contribution >= 4 is 34.1 Å². The number of phenolic OH excluding ortho intramolecular Hbond substituents is 1. The van der Waals surface area contributed by atoms with Crippen LogP contribution in [0.2, 0.25) is 0 Å². The molecule has 0 saturated carbocycles. The lowest BCUT2D eigenvalue weighted by atomic mass is 9.92. The average Bonchev–Trinajstić information content (AvgIpc) is 2.92. The number of hydrazone groups is 1. The largest absolute Gasteiger partial charge is 0.503 e. The first-order chi connectivity index (χ1) is 14.2. The van der Waals surface area contributed by atoms with E-state index < -0.39 is 24.1 Å². The number of hydrogen-bond acceptors (Lipinski definition) is 6. The van der Waals surface area contributed by atoms with Gasteiger partial charge in [0.1, 0.15) is 11.3 Å². The third-order valence-electron chi connectivity index (χ3n) is 4.42. The molecule has 158 valence electrons. The summed E-state index contributed by atoms with van der Waals surface area (Å²) in [5, 5.41) is 17.0. The zero-order valence-corrected chi connectivity index (χ0v) is 17.3. The summed E-state index contributed by atoms with van der Waals surface area (Å²) in [7, 11) is 1.38. The van der Waals surface area contributed by atoms with E-state index in [1.54, 1.807) is 0 Å². The highest BCUT2D eigenvalue weighted by Crippen LogP contribution is 2.35. The van der Waals surface area contributed by atoms with Crippen LogP contribution in [0.15, 0.2) is 46.0 Å². The normalized spacial score (nSPS) is 18.9. The highest BCUT2D eigenvalue weighted by Gasteiger charge is 2.49. The first kappa shape index (κ1) is 21.5. The SMILES string of the molecule is COc1cc(/C=N/N2C(=O)NC(C)(c3ccc(OC(F)F)cc3)C2=O)cc(Br)c1O. The van der Waals surface area contributed by atoms with Crippen LogP contribution < -0.4 is 14.8 Å². The van der Waals surface area contributed by atoms with Crippen LogP contribution in [0, 0.1) is 0 Å². The third-order valence-corrected chi connectivity index (χ3v) is 5.02. The number of halogens is 3. The average molecular weight is 484 g/mol. The van der Waals surface area contributed by atoms with Gasteiger partial charge in [0.25, 0.3) is 5.91 Å². The standard InChI is InChI=1S/C19H16BrF2N3O5/c1-19(11-3-5-12(6-4-11)30-17(21)22)16(27)25(18(28)24-19)23-9-10-7-13(20)15(26)14(8-10)29-2/h3-9,17,26H,1-2H3,(H,24,28)/b23-9+. The van der Waals surface area contributed by atoms with Crippen molar-refractivity contribution in [2.45, 2.75) is 19.1 Å². The molecular weight excluding hydrogens is 468 g/mol. The van der Waals surface area contributed by atoms with Crippen molar-refractivity contribution in [1.82, 2.24) is 10.3 Å². The van der Waals surface area contributed by atoms with Crippen LogP contribution in [-0.2, 0) is 10.3 Å². The number of nitrogens with zero attached hydrogens (tertiary/aromatic N) is 2. The Morgan fingerprint density at radius 3 is 2.53 bits per heavy atom. The van der Waals surface area contributed by atoms with Gasteiger partial charge in [-0.05, 0) is 58.2 Å². The molecule has 0 spiro atoms. The topological polar surface area (TPSA) is 100 Å². The minimum atomic E-state index is -2.97. The molecule has 0 bridgehead atoms. The lowest BCUT2D eigenvalue weighted by Gasteiger charge is -2.21. The summed E-state index contributed by atoms with van der Waals surface area (Å²) in [6.45, 7) is -1.49. The minimum absolute atomic E-state index is 0.0733. The predicted octanol–water partition coefficient (Wildman–Crippen LogP) is 3.57. The van der Waals surface area contributed by atoms with Crippen LogP contribution in [0.4, 0.5) is 13.6 Å². The van der Waals surface area contributed by atoms with Gasteiger partial charge in [0.15, 0.2) is 11.5 Å². The van der Waals surface area contributed by atoms with Crippen LogP contribution in [0.1, 0.15) is 18.1 Å². The maximum atomic E-state index is 12.9. The van der Waals surface area contributed by atoms with Gasteiger partial charge < -0.3 is 19.9 Å². The first-order valence-electron chi connectivity index (χ1n) is 8.48. The number of ether oxygens (including phenoxy) is 2. The van der Waals surface area contributed by atoms with Crippen molar-refractivity contribution < 1.29 is 33.0 Å². The van der Waals surface area contributed by atoms with E-state index in [1.165, 1.54) is 56.6 Å². The molecule has 8 nitrogen and oxygen atoms in total. The van der Waals surface area contributed by atoms with Crippen molar-refractivity contribution in [2.24, 2.45) is 5.10 Å². The van der Waals surface area contributed by atoms with Gasteiger partial charge in [-0.3, -0.25) is 4.79 Å². The molecule has 1 fully saturated rings. The number of hydrogen-bond donors (Lipinski definition) is 2. The minimum Gasteiger partial charge on any atom is -0.503 e. The molecular formula is C19H16BrF2N3O5. The quantitative estimate of drug-likeness (QED) is 0.483. The highest BCUT2D eigenvalue weighted by molar-refractivity contribution is 9.10. The summed E-state index contributed by atoms with van der Waals surface area (Å²) in [5.74, 6) is -0.651. The Morgan fingerprint density at radius 2 is 1.93 bits per heavy atom. The van der Waals surface area contributed by atoms with E-state index in [2.05, 4.69) is 31.1 Å². The van der Waals surface area contributed by atoms with Crippen molar-refractivity contribution in [2.75, 3.05) is 7.11 Å². The van der Waals surface area contributed by atoms with Gasteiger partial charge >= 0.3 is 12.6 Å². The molecule has 2 aromatic rings. The third kappa shape index (κ3) is 4.06. The Kier molecular flexibility index (Phi) is 5.92. The number of carbonyl (C=O) groups is 2.